The van der Waals surface area contributed by atoms with E-state index in [1.54, 1.807) is 6.07 Å². The van der Waals surface area contributed by atoms with Gasteiger partial charge in [0, 0.05) is 10.6 Å². The van der Waals surface area contributed by atoms with Crippen molar-refractivity contribution in [2.45, 2.75) is 24.4 Å². The van der Waals surface area contributed by atoms with E-state index in [9.17, 15) is 18.0 Å². The van der Waals surface area contributed by atoms with Crippen molar-refractivity contribution in [2.24, 2.45) is 0 Å². The maximum atomic E-state index is 13.0. The van der Waals surface area contributed by atoms with Gasteiger partial charge < -0.3 is 10.1 Å². The number of amides is 1. The van der Waals surface area contributed by atoms with Crippen LogP contribution in [0.4, 0.5) is 18.9 Å². The number of alkyl halides is 3. The van der Waals surface area contributed by atoms with Crippen LogP contribution in [0.15, 0.2) is 12.1 Å². The number of hydrogen-bond donors (Lipinski definition) is 1. The van der Waals surface area contributed by atoms with E-state index in [0.29, 0.717) is 36.5 Å². The molecule has 1 aromatic rings. The number of nitrogens with one attached hydrogen (secondary N) is 1. The molecule has 3 rings (SSSR count). The minimum atomic E-state index is -4.50. The van der Waals surface area contributed by atoms with Crippen LogP contribution in [0.25, 0.3) is 0 Å². The smallest absolute Gasteiger partial charge is 0.406 e. The van der Waals surface area contributed by atoms with Crippen molar-refractivity contribution in [1.82, 2.24) is 5.32 Å². The van der Waals surface area contributed by atoms with E-state index in [-0.39, 0.29) is 11.4 Å². The van der Waals surface area contributed by atoms with Gasteiger partial charge in [-0.15, -0.1) is 0 Å². The second-order valence-electron chi connectivity index (χ2n) is 5.81. The number of carbonyl (C=O) groups excluding carboxylic acids is 1. The third-order valence-corrected chi connectivity index (χ3v) is 4.82. The Morgan fingerprint density at radius 1 is 1.35 bits per heavy atom. The summed E-state index contributed by atoms with van der Waals surface area (Å²) >= 11 is 6.29. The standard InChI is InChI=1S/C15H16ClF3N2O2/c1-23-10-3-2-9(16)11-12(10)21(8-15(17,18)19)13(22)14(11)4-6-20-7-5-14/h2-3,20H,4-8H2,1H3. The molecule has 1 fully saturated rings. The maximum Gasteiger partial charge on any atom is 0.406 e. The van der Waals surface area contributed by atoms with E-state index < -0.39 is 24.0 Å². The molecular weight excluding hydrogens is 333 g/mol. The highest BCUT2D eigenvalue weighted by atomic mass is 35.5. The predicted molar refractivity (Wildman–Crippen MR) is 80.2 cm³/mol. The van der Waals surface area contributed by atoms with Gasteiger partial charge in [0.1, 0.15) is 12.3 Å². The topological polar surface area (TPSA) is 41.6 Å². The van der Waals surface area contributed by atoms with E-state index in [1.165, 1.54) is 13.2 Å². The van der Waals surface area contributed by atoms with Crippen LogP contribution in [-0.2, 0) is 10.2 Å². The number of rotatable bonds is 2. The molecule has 126 valence electrons. The average molecular weight is 349 g/mol. The molecule has 4 nitrogen and oxygen atoms in total. The fraction of sp³-hybridized carbons (Fsp3) is 0.533. The van der Waals surface area contributed by atoms with Crippen molar-refractivity contribution in [3.8, 4) is 5.75 Å². The SMILES string of the molecule is COc1ccc(Cl)c2c1N(CC(F)(F)F)C(=O)C21CCNCC1. The first-order valence-electron chi connectivity index (χ1n) is 7.26. The van der Waals surface area contributed by atoms with Crippen LogP contribution < -0.4 is 15.0 Å². The van der Waals surface area contributed by atoms with Crippen molar-refractivity contribution in [2.75, 3.05) is 31.6 Å². The summed E-state index contributed by atoms with van der Waals surface area (Å²) in [6.07, 6.45) is -3.67. The van der Waals surface area contributed by atoms with Crippen LogP contribution in [0.2, 0.25) is 5.02 Å². The number of fused-ring (bicyclic) bond motifs is 2. The molecule has 0 bridgehead atoms. The highest BCUT2D eigenvalue weighted by Gasteiger charge is 2.55. The van der Waals surface area contributed by atoms with E-state index in [1.807, 2.05) is 0 Å². The van der Waals surface area contributed by atoms with Crippen LogP contribution >= 0.6 is 11.6 Å². The lowest BCUT2D eigenvalue weighted by Gasteiger charge is -2.33. The maximum absolute atomic E-state index is 13.0. The van der Waals surface area contributed by atoms with Gasteiger partial charge in [-0.05, 0) is 38.1 Å². The Kier molecular flexibility index (Phi) is 3.96. The Labute approximate surface area is 136 Å². The summed E-state index contributed by atoms with van der Waals surface area (Å²) in [5.74, 6) is -0.310. The molecule has 0 saturated carbocycles. The zero-order chi connectivity index (χ0) is 16.8. The summed E-state index contributed by atoms with van der Waals surface area (Å²) in [7, 11) is 1.37. The molecule has 23 heavy (non-hydrogen) atoms. The lowest BCUT2D eigenvalue weighted by molar-refractivity contribution is -0.135. The van der Waals surface area contributed by atoms with Gasteiger partial charge in [0.15, 0.2) is 0 Å². The first kappa shape index (κ1) is 16.4. The summed E-state index contributed by atoms with van der Waals surface area (Å²) in [4.78, 5) is 13.7. The van der Waals surface area contributed by atoms with Gasteiger partial charge in [-0.1, -0.05) is 11.6 Å². The van der Waals surface area contributed by atoms with E-state index in [4.69, 9.17) is 16.3 Å². The minimum absolute atomic E-state index is 0.157. The molecule has 1 aromatic carbocycles. The molecule has 0 aromatic heterocycles. The number of hydrogen-bond acceptors (Lipinski definition) is 3. The van der Waals surface area contributed by atoms with E-state index >= 15 is 0 Å². The van der Waals surface area contributed by atoms with Crippen LogP contribution in [-0.4, -0.2) is 38.8 Å². The summed E-state index contributed by atoms with van der Waals surface area (Å²) in [6.45, 7) is -0.234. The molecule has 0 aliphatic carbocycles. The summed E-state index contributed by atoms with van der Waals surface area (Å²) < 4.78 is 44.2. The van der Waals surface area contributed by atoms with Crippen molar-refractivity contribution in [1.29, 1.82) is 0 Å². The summed E-state index contributed by atoms with van der Waals surface area (Å²) in [6, 6.07) is 3.07. The van der Waals surface area contributed by atoms with Gasteiger partial charge in [-0.3, -0.25) is 9.69 Å². The fourth-order valence-corrected chi connectivity index (χ4v) is 3.88. The van der Waals surface area contributed by atoms with E-state index in [2.05, 4.69) is 5.32 Å². The quantitative estimate of drug-likeness (QED) is 0.893. The zero-order valence-corrected chi connectivity index (χ0v) is 13.2. The summed E-state index contributed by atoms with van der Waals surface area (Å²) in [5, 5.41) is 3.44. The molecule has 0 atom stereocenters. The van der Waals surface area contributed by atoms with Gasteiger partial charge in [0.25, 0.3) is 0 Å². The number of nitrogens with zero attached hydrogens (tertiary/aromatic N) is 1. The van der Waals surface area contributed by atoms with Crippen molar-refractivity contribution in [3.05, 3.63) is 22.7 Å². The Bertz CT molecular complexity index is 642. The molecule has 2 aliphatic heterocycles. The Balaban J connectivity index is 2.20. The fourth-order valence-electron chi connectivity index (χ4n) is 3.55. The Morgan fingerprint density at radius 3 is 2.57 bits per heavy atom. The van der Waals surface area contributed by atoms with Gasteiger partial charge >= 0.3 is 6.18 Å². The summed E-state index contributed by atoms with van der Waals surface area (Å²) in [5.41, 5.74) is -0.379. The number of ether oxygens (including phenoxy) is 1. The molecule has 1 saturated heterocycles. The van der Waals surface area contributed by atoms with Crippen LogP contribution in [0, 0.1) is 0 Å². The molecule has 2 aliphatic rings. The van der Waals surface area contributed by atoms with Gasteiger partial charge in [0.2, 0.25) is 5.91 Å². The second kappa shape index (κ2) is 5.56. The van der Waals surface area contributed by atoms with Crippen LogP contribution in [0.1, 0.15) is 18.4 Å². The molecule has 2 heterocycles. The Hall–Kier alpha value is -1.47. The Morgan fingerprint density at radius 2 is 2.00 bits per heavy atom. The van der Waals surface area contributed by atoms with Crippen LogP contribution in [0.5, 0.6) is 5.75 Å². The lowest BCUT2D eigenvalue weighted by Crippen LogP contribution is -2.49. The second-order valence-corrected chi connectivity index (χ2v) is 6.22. The van der Waals surface area contributed by atoms with Gasteiger partial charge in [-0.2, -0.15) is 13.2 Å². The first-order chi connectivity index (χ1) is 10.8. The average Bonchev–Trinajstić information content (AvgIpc) is 2.71. The third kappa shape index (κ3) is 2.55. The number of carbonyl (C=O) groups is 1. The van der Waals surface area contributed by atoms with Crippen molar-refractivity contribution in [3.63, 3.8) is 0 Å². The third-order valence-electron chi connectivity index (χ3n) is 4.51. The zero-order valence-electron chi connectivity index (χ0n) is 12.5. The van der Waals surface area contributed by atoms with Crippen molar-refractivity contribution >= 4 is 23.2 Å². The van der Waals surface area contributed by atoms with Crippen LogP contribution in [0.3, 0.4) is 0 Å². The molecule has 1 amide bonds. The van der Waals surface area contributed by atoms with E-state index in [0.717, 1.165) is 4.90 Å². The normalized spacial score (nSPS) is 20.0. The van der Waals surface area contributed by atoms with Gasteiger partial charge in [-0.25, -0.2) is 0 Å². The number of piperidine rings is 1. The molecule has 0 radical (unpaired) electrons. The molecular formula is C15H16ClF3N2O2. The number of halogens is 4. The highest BCUT2D eigenvalue weighted by molar-refractivity contribution is 6.33. The molecule has 1 N–H and O–H groups in total. The monoisotopic (exact) mass is 348 g/mol. The molecule has 8 heteroatoms. The van der Waals surface area contributed by atoms with Gasteiger partial charge in [0.05, 0.1) is 18.2 Å². The predicted octanol–water partition coefficient (Wildman–Crippen LogP) is 2.88. The minimum Gasteiger partial charge on any atom is -0.495 e. The number of benzene rings is 1. The molecule has 1 spiro atoms. The molecule has 0 unspecified atom stereocenters. The van der Waals surface area contributed by atoms with Crippen molar-refractivity contribution < 1.29 is 22.7 Å². The highest BCUT2D eigenvalue weighted by Crippen LogP contribution is 2.54. The lowest BCUT2D eigenvalue weighted by atomic mass is 9.74. The number of anilines is 1. The first-order valence-corrected chi connectivity index (χ1v) is 7.64. The number of methoxy groups -OCH3 is 1. The largest absolute Gasteiger partial charge is 0.495 e.